The van der Waals surface area contributed by atoms with Crippen molar-refractivity contribution in [2.75, 3.05) is 13.2 Å². The molecule has 2 heterocycles. The Labute approximate surface area is 107 Å². The first-order valence-corrected chi connectivity index (χ1v) is 6.51. The van der Waals surface area contributed by atoms with E-state index >= 15 is 0 Å². The quantitative estimate of drug-likeness (QED) is 0.772. The van der Waals surface area contributed by atoms with E-state index in [0.29, 0.717) is 12.2 Å². The van der Waals surface area contributed by atoms with Gasteiger partial charge >= 0.3 is 5.97 Å². The van der Waals surface area contributed by atoms with Gasteiger partial charge in [0.15, 0.2) is 0 Å². The Morgan fingerprint density at radius 3 is 3.00 bits per heavy atom. The third-order valence-corrected chi connectivity index (χ3v) is 3.02. The topological polar surface area (TPSA) is 53.4 Å². The van der Waals surface area contributed by atoms with Crippen molar-refractivity contribution in [3.8, 4) is 0 Å². The molecule has 1 saturated heterocycles. The van der Waals surface area contributed by atoms with Gasteiger partial charge in [-0.15, -0.1) is 0 Å². The molecule has 1 aliphatic heterocycles. The highest BCUT2D eigenvalue weighted by Gasteiger charge is 2.28. The highest BCUT2D eigenvalue weighted by Crippen LogP contribution is 2.30. The Balaban J connectivity index is 2.32. The van der Waals surface area contributed by atoms with Crippen LogP contribution in [0.5, 0.6) is 0 Å². The lowest BCUT2D eigenvalue weighted by Gasteiger charge is -2.08. The van der Waals surface area contributed by atoms with Gasteiger partial charge in [-0.05, 0) is 33.6 Å². The predicted octanol–water partition coefficient (Wildman–Crippen LogP) is 2.49. The number of rotatable bonds is 4. The van der Waals surface area contributed by atoms with E-state index in [0.717, 1.165) is 25.1 Å². The van der Waals surface area contributed by atoms with E-state index in [1.807, 2.05) is 13.8 Å². The molecule has 0 saturated carbocycles. The van der Waals surface area contributed by atoms with Crippen LogP contribution in [0.1, 0.15) is 61.8 Å². The fourth-order valence-corrected chi connectivity index (χ4v) is 2.07. The highest BCUT2D eigenvalue weighted by molar-refractivity contribution is 5.90. The lowest BCUT2D eigenvalue weighted by molar-refractivity contribution is 0.0514. The molecule has 1 aromatic rings. The summed E-state index contributed by atoms with van der Waals surface area (Å²) in [7, 11) is 0. The summed E-state index contributed by atoms with van der Waals surface area (Å²) >= 11 is 0. The molecule has 1 fully saturated rings. The second kappa shape index (κ2) is 5.52. The second-order valence-electron chi connectivity index (χ2n) is 4.72. The smallest absolute Gasteiger partial charge is 0.341 e. The van der Waals surface area contributed by atoms with Crippen molar-refractivity contribution >= 4 is 5.97 Å². The minimum absolute atomic E-state index is 0.0654. The van der Waals surface area contributed by atoms with Crippen LogP contribution in [0.25, 0.3) is 0 Å². The number of carbonyl (C=O) groups excluding carboxylic acids is 1. The second-order valence-corrected chi connectivity index (χ2v) is 4.72. The average Bonchev–Trinajstić information content (AvgIpc) is 2.98. The molecule has 0 spiro atoms. The van der Waals surface area contributed by atoms with E-state index in [9.17, 15) is 4.79 Å². The van der Waals surface area contributed by atoms with Crippen LogP contribution in [0, 0.1) is 0 Å². The van der Waals surface area contributed by atoms with Gasteiger partial charge in [0.2, 0.25) is 0 Å². The van der Waals surface area contributed by atoms with E-state index < -0.39 is 0 Å². The summed E-state index contributed by atoms with van der Waals surface area (Å²) in [6.45, 7) is 6.97. The Morgan fingerprint density at radius 1 is 1.67 bits per heavy atom. The lowest BCUT2D eigenvalue weighted by Crippen LogP contribution is -2.09. The molecule has 0 aromatic carbocycles. The molecule has 0 amide bonds. The summed E-state index contributed by atoms with van der Waals surface area (Å²) < 4.78 is 12.5. The maximum absolute atomic E-state index is 11.9. The van der Waals surface area contributed by atoms with Gasteiger partial charge in [-0.2, -0.15) is 5.10 Å². The molecule has 0 radical (unpaired) electrons. The van der Waals surface area contributed by atoms with E-state index in [-0.39, 0.29) is 18.1 Å². The first-order chi connectivity index (χ1) is 8.63. The molecule has 5 heteroatoms. The highest BCUT2D eigenvalue weighted by atomic mass is 16.5. The van der Waals surface area contributed by atoms with Gasteiger partial charge in [0, 0.05) is 18.8 Å². The van der Waals surface area contributed by atoms with Crippen LogP contribution in [0.4, 0.5) is 0 Å². The van der Waals surface area contributed by atoms with Crippen LogP contribution in [-0.4, -0.2) is 29.0 Å². The largest absolute Gasteiger partial charge is 0.462 e. The normalized spacial score (nSPS) is 19.4. The maximum atomic E-state index is 11.9. The van der Waals surface area contributed by atoms with Crippen molar-refractivity contribution in [3.05, 3.63) is 17.5 Å². The van der Waals surface area contributed by atoms with Crippen molar-refractivity contribution in [2.24, 2.45) is 0 Å². The van der Waals surface area contributed by atoms with Gasteiger partial charge in [-0.1, -0.05) is 0 Å². The summed E-state index contributed by atoms with van der Waals surface area (Å²) in [5.41, 5.74) is 1.26. The number of carbonyl (C=O) groups is 1. The molecule has 0 unspecified atom stereocenters. The third-order valence-electron chi connectivity index (χ3n) is 3.02. The predicted molar refractivity (Wildman–Crippen MR) is 66.5 cm³/mol. The van der Waals surface area contributed by atoms with E-state index in [2.05, 4.69) is 5.10 Å². The van der Waals surface area contributed by atoms with Crippen LogP contribution in [0.3, 0.4) is 0 Å². The number of esters is 1. The Bertz CT molecular complexity index is 420. The zero-order valence-corrected chi connectivity index (χ0v) is 11.2. The number of hydrogen-bond donors (Lipinski definition) is 0. The maximum Gasteiger partial charge on any atom is 0.341 e. The number of nitrogens with zero attached hydrogens (tertiary/aromatic N) is 2. The van der Waals surface area contributed by atoms with Crippen LogP contribution >= 0.6 is 0 Å². The summed E-state index contributed by atoms with van der Waals surface area (Å²) in [6.07, 6.45) is 3.63. The van der Waals surface area contributed by atoms with Gasteiger partial charge in [-0.3, -0.25) is 4.68 Å². The summed E-state index contributed by atoms with van der Waals surface area (Å²) in [5.74, 6) is -0.310. The summed E-state index contributed by atoms with van der Waals surface area (Å²) in [4.78, 5) is 11.9. The van der Waals surface area contributed by atoms with Crippen molar-refractivity contribution in [1.29, 1.82) is 0 Å². The number of aromatic nitrogens is 2. The Morgan fingerprint density at radius 2 is 2.44 bits per heavy atom. The number of ether oxygens (including phenoxy) is 2. The fraction of sp³-hybridized carbons (Fsp3) is 0.692. The van der Waals surface area contributed by atoms with Crippen LogP contribution in [0.15, 0.2) is 6.20 Å². The summed E-state index contributed by atoms with van der Waals surface area (Å²) in [5, 5.41) is 4.49. The zero-order valence-electron chi connectivity index (χ0n) is 11.2. The first kappa shape index (κ1) is 13.1. The molecule has 2 rings (SSSR count). The van der Waals surface area contributed by atoms with E-state index in [1.165, 1.54) is 0 Å². The molecule has 0 N–H and O–H groups in total. The standard InChI is InChI=1S/C13H20N2O3/c1-4-17-13(16)10-8-15(9(2)3)14-12(10)11-6-5-7-18-11/h8-9,11H,4-7H2,1-3H3/t11-/m0/s1. The van der Waals surface area contributed by atoms with Gasteiger partial charge in [-0.25, -0.2) is 4.79 Å². The molecule has 1 aromatic heterocycles. The molecule has 100 valence electrons. The van der Waals surface area contributed by atoms with Crippen LogP contribution in [0.2, 0.25) is 0 Å². The van der Waals surface area contributed by atoms with Crippen molar-refractivity contribution in [3.63, 3.8) is 0 Å². The molecular formula is C13H20N2O3. The monoisotopic (exact) mass is 252 g/mol. The minimum atomic E-state index is -0.310. The number of hydrogen-bond acceptors (Lipinski definition) is 4. The van der Waals surface area contributed by atoms with E-state index in [4.69, 9.17) is 9.47 Å². The van der Waals surface area contributed by atoms with Crippen LogP contribution < -0.4 is 0 Å². The minimum Gasteiger partial charge on any atom is -0.462 e. The van der Waals surface area contributed by atoms with Crippen molar-refractivity contribution in [1.82, 2.24) is 9.78 Å². The molecule has 1 atom stereocenters. The first-order valence-electron chi connectivity index (χ1n) is 6.51. The van der Waals surface area contributed by atoms with Crippen LogP contribution in [-0.2, 0) is 9.47 Å². The molecule has 0 bridgehead atoms. The molecule has 1 aliphatic rings. The SMILES string of the molecule is CCOC(=O)c1cn(C(C)C)nc1[C@@H]1CCCO1. The van der Waals surface area contributed by atoms with Gasteiger partial charge < -0.3 is 9.47 Å². The van der Waals surface area contributed by atoms with Gasteiger partial charge in [0.25, 0.3) is 0 Å². The third kappa shape index (κ3) is 2.56. The van der Waals surface area contributed by atoms with Gasteiger partial charge in [0.05, 0.1) is 6.61 Å². The molecule has 0 aliphatic carbocycles. The zero-order chi connectivity index (χ0) is 13.1. The molecule has 18 heavy (non-hydrogen) atoms. The van der Waals surface area contributed by atoms with Gasteiger partial charge in [0.1, 0.15) is 17.4 Å². The molecular weight excluding hydrogens is 232 g/mol. The average molecular weight is 252 g/mol. The Hall–Kier alpha value is -1.36. The molecule has 5 nitrogen and oxygen atoms in total. The lowest BCUT2D eigenvalue weighted by atomic mass is 10.1. The van der Waals surface area contributed by atoms with Crippen molar-refractivity contribution in [2.45, 2.75) is 45.8 Å². The summed E-state index contributed by atoms with van der Waals surface area (Å²) in [6, 6.07) is 0.216. The van der Waals surface area contributed by atoms with E-state index in [1.54, 1.807) is 17.8 Å². The Kier molecular flexibility index (Phi) is 4.01. The van der Waals surface area contributed by atoms with Crippen molar-refractivity contribution < 1.29 is 14.3 Å². The fourth-order valence-electron chi connectivity index (χ4n) is 2.07.